The molecule has 3 aromatic rings. The van der Waals surface area contributed by atoms with E-state index < -0.39 is 0 Å². The Bertz CT molecular complexity index is 739. The first-order valence-electron chi connectivity index (χ1n) is 6.51. The van der Waals surface area contributed by atoms with Crippen LogP contribution in [0.15, 0.2) is 54.9 Å². The van der Waals surface area contributed by atoms with Gasteiger partial charge >= 0.3 is 0 Å². The van der Waals surface area contributed by atoms with Gasteiger partial charge in [-0.05, 0) is 42.3 Å². The average molecular weight is 264 g/mol. The van der Waals surface area contributed by atoms with E-state index >= 15 is 0 Å². The highest BCUT2D eigenvalue weighted by Gasteiger charge is 2.13. The van der Waals surface area contributed by atoms with Crippen LogP contribution in [-0.2, 0) is 0 Å². The molecule has 2 aromatic heterocycles. The summed E-state index contributed by atoms with van der Waals surface area (Å²) < 4.78 is 0. The number of hydrogen-bond acceptors (Lipinski definition) is 4. The van der Waals surface area contributed by atoms with Gasteiger partial charge in [0.05, 0.1) is 11.6 Å². The fourth-order valence-corrected chi connectivity index (χ4v) is 2.39. The molecule has 0 aliphatic carbocycles. The smallest absolute Gasteiger partial charge is 0.0712 e. The molecule has 0 fully saturated rings. The van der Waals surface area contributed by atoms with Crippen molar-refractivity contribution in [2.75, 3.05) is 0 Å². The lowest BCUT2D eigenvalue weighted by Gasteiger charge is -2.17. The normalized spacial score (nSPS) is 12.5. The highest BCUT2D eigenvalue weighted by molar-refractivity contribution is 5.79. The average Bonchev–Trinajstić information content (AvgIpc) is 2.48. The van der Waals surface area contributed by atoms with Crippen LogP contribution in [0.3, 0.4) is 0 Å². The molecule has 4 heteroatoms. The number of aryl methyl sites for hydroxylation is 1. The molecule has 1 atom stereocenters. The van der Waals surface area contributed by atoms with Crippen molar-refractivity contribution in [1.29, 1.82) is 0 Å². The van der Waals surface area contributed by atoms with Gasteiger partial charge in [0, 0.05) is 23.5 Å². The molecule has 1 unspecified atom stereocenters. The molecule has 0 aliphatic heterocycles. The summed E-state index contributed by atoms with van der Waals surface area (Å²) in [6, 6.07) is 14.1. The minimum Gasteiger partial charge on any atom is -0.271 e. The summed E-state index contributed by atoms with van der Waals surface area (Å²) in [6.07, 6.45) is 3.60. The molecule has 0 radical (unpaired) electrons. The van der Waals surface area contributed by atoms with E-state index in [1.807, 2.05) is 31.2 Å². The fourth-order valence-electron chi connectivity index (χ4n) is 2.39. The second-order valence-electron chi connectivity index (χ2n) is 4.79. The summed E-state index contributed by atoms with van der Waals surface area (Å²) >= 11 is 0. The maximum Gasteiger partial charge on any atom is 0.0712 e. The third-order valence-corrected chi connectivity index (χ3v) is 3.38. The maximum atomic E-state index is 5.74. The highest BCUT2D eigenvalue weighted by Crippen LogP contribution is 2.24. The molecule has 0 saturated carbocycles. The van der Waals surface area contributed by atoms with E-state index in [9.17, 15) is 0 Å². The van der Waals surface area contributed by atoms with E-state index in [-0.39, 0.29) is 6.04 Å². The van der Waals surface area contributed by atoms with Gasteiger partial charge in [0.1, 0.15) is 0 Å². The number of hydrogen-bond donors (Lipinski definition) is 2. The van der Waals surface area contributed by atoms with Crippen LogP contribution in [0.2, 0.25) is 0 Å². The van der Waals surface area contributed by atoms with Gasteiger partial charge in [-0.1, -0.05) is 18.2 Å². The zero-order valence-corrected chi connectivity index (χ0v) is 11.2. The highest BCUT2D eigenvalue weighted by atomic mass is 15.2. The Morgan fingerprint density at radius 2 is 1.85 bits per heavy atom. The number of nitrogens with one attached hydrogen (secondary N) is 1. The Balaban J connectivity index is 2.07. The van der Waals surface area contributed by atoms with Crippen molar-refractivity contribution in [1.82, 2.24) is 15.4 Å². The van der Waals surface area contributed by atoms with Gasteiger partial charge in [0.2, 0.25) is 0 Å². The van der Waals surface area contributed by atoms with Gasteiger partial charge in [0.15, 0.2) is 0 Å². The Labute approximate surface area is 117 Å². The number of aromatic nitrogens is 2. The number of nitrogens with two attached hydrogens (primary N) is 1. The summed E-state index contributed by atoms with van der Waals surface area (Å²) in [5.41, 5.74) is 6.99. The molecule has 20 heavy (non-hydrogen) atoms. The monoisotopic (exact) mass is 264 g/mol. The Morgan fingerprint density at radius 1 is 1.00 bits per heavy atom. The van der Waals surface area contributed by atoms with E-state index in [2.05, 4.69) is 33.6 Å². The first-order valence-corrected chi connectivity index (χ1v) is 6.51. The molecular weight excluding hydrogens is 248 g/mol. The van der Waals surface area contributed by atoms with Crippen molar-refractivity contribution >= 4 is 10.9 Å². The van der Waals surface area contributed by atoms with Gasteiger partial charge in [-0.3, -0.25) is 15.8 Å². The van der Waals surface area contributed by atoms with Crippen molar-refractivity contribution in [2.24, 2.45) is 5.84 Å². The van der Waals surface area contributed by atoms with Crippen LogP contribution in [0.25, 0.3) is 10.9 Å². The van der Waals surface area contributed by atoms with E-state index in [1.165, 1.54) is 0 Å². The summed E-state index contributed by atoms with van der Waals surface area (Å²) in [6.45, 7) is 1.97. The molecule has 0 aliphatic rings. The minimum absolute atomic E-state index is 0.0666. The van der Waals surface area contributed by atoms with Crippen LogP contribution >= 0.6 is 0 Å². The first kappa shape index (κ1) is 12.7. The maximum absolute atomic E-state index is 5.74. The van der Waals surface area contributed by atoms with E-state index in [0.717, 1.165) is 27.7 Å². The zero-order valence-electron chi connectivity index (χ0n) is 11.2. The molecule has 3 N–H and O–H groups in total. The van der Waals surface area contributed by atoms with Crippen LogP contribution in [0.4, 0.5) is 0 Å². The third kappa shape index (κ3) is 2.39. The number of nitrogens with zero attached hydrogens (tertiary/aromatic N) is 2. The van der Waals surface area contributed by atoms with Crippen LogP contribution in [0, 0.1) is 6.92 Å². The van der Waals surface area contributed by atoms with Crippen molar-refractivity contribution in [2.45, 2.75) is 13.0 Å². The second kappa shape index (κ2) is 5.36. The number of benzene rings is 1. The van der Waals surface area contributed by atoms with Crippen molar-refractivity contribution in [3.8, 4) is 0 Å². The van der Waals surface area contributed by atoms with Gasteiger partial charge in [-0.2, -0.15) is 0 Å². The molecular formula is C16H16N4. The molecule has 4 nitrogen and oxygen atoms in total. The van der Waals surface area contributed by atoms with Gasteiger partial charge in [-0.15, -0.1) is 0 Å². The molecule has 0 saturated heterocycles. The Kier molecular flexibility index (Phi) is 3.41. The van der Waals surface area contributed by atoms with Gasteiger partial charge < -0.3 is 0 Å². The fraction of sp³-hybridized carbons (Fsp3) is 0.125. The van der Waals surface area contributed by atoms with Crippen LogP contribution in [0.5, 0.6) is 0 Å². The van der Waals surface area contributed by atoms with E-state index in [4.69, 9.17) is 5.84 Å². The lowest BCUT2D eigenvalue weighted by atomic mass is 9.98. The molecule has 2 heterocycles. The zero-order chi connectivity index (χ0) is 13.9. The van der Waals surface area contributed by atoms with Crippen molar-refractivity contribution < 1.29 is 0 Å². The molecule has 100 valence electrons. The molecule has 3 rings (SSSR count). The first-order chi connectivity index (χ1) is 9.78. The lowest BCUT2D eigenvalue weighted by molar-refractivity contribution is 0.636. The number of rotatable bonds is 3. The SMILES string of the molecule is Cc1cc(C(NN)c2ccc3cccnc3c2)ccn1. The molecule has 0 bridgehead atoms. The summed E-state index contributed by atoms with van der Waals surface area (Å²) in [5, 5.41) is 1.12. The topological polar surface area (TPSA) is 63.8 Å². The Hall–Kier alpha value is -2.30. The minimum atomic E-state index is -0.0666. The second-order valence-corrected chi connectivity index (χ2v) is 4.79. The van der Waals surface area contributed by atoms with Gasteiger partial charge in [0.25, 0.3) is 0 Å². The van der Waals surface area contributed by atoms with Gasteiger partial charge in [-0.25, -0.2) is 5.43 Å². The summed E-state index contributed by atoms with van der Waals surface area (Å²) in [4.78, 5) is 8.61. The summed E-state index contributed by atoms with van der Waals surface area (Å²) in [7, 11) is 0. The quantitative estimate of drug-likeness (QED) is 0.563. The molecule has 1 aromatic carbocycles. The third-order valence-electron chi connectivity index (χ3n) is 3.38. The molecule has 0 amide bonds. The lowest BCUT2D eigenvalue weighted by Crippen LogP contribution is -2.28. The van der Waals surface area contributed by atoms with Crippen molar-refractivity contribution in [3.05, 3.63) is 71.7 Å². The number of fused-ring (bicyclic) bond motifs is 1. The predicted octanol–water partition coefficient (Wildman–Crippen LogP) is 2.49. The largest absolute Gasteiger partial charge is 0.271 e. The van der Waals surface area contributed by atoms with E-state index in [1.54, 1.807) is 12.4 Å². The number of pyridine rings is 2. The Morgan fingerprint density at radius 3 is 2.65 bits per heavy atom. The van der Waals surface area contributed by atoms with Crippen molar-refractivity contribution in [3.63, 3.8) is 0 Å². The van der Waals surface area contributed by atoms with Crippen LogP contribution in [-0.4, -0.2) is 9.97 Å². The van der Waals surface area contributed by atoms with Crippen LogP contribution in [0.1, 0.15) is 22.9 Å². The standard InChI is InChI=1S/C16H16N4/c1-11-9-14(6-8-18-11)16(20-17)13-5-4-12-3-2-7-19-15(12)10-13/h2-10,16,20H,17H2,1H3. The predicted molar refractivity (Wildman–Crippen MR) is 79.9 cm³/mol. The van der Waals surface area contributed by atoms with E-state index in [0.29, 0.717) is 0 Å². The molecule has 0 spiro atoms. The van der Waals surface area contributed by atoms with Crippen LogP contribution < -0.4 is 11.3 Å². The summed E-state index contributed by atoms with van der Waals surface area (Å²) in [5.74, 6) is 5.74. The number of hydrazine groups is 1.